The Morgan fingerprint density at radius 3 is 1.56 bits per heavy atom. The van der Waals surface area contributed by atoms with Crippen molar-refractivity contribution in [3.63, 3.8) is 0 Å². The second-order valence-corrected chi connectivity index (χ2v) is 11.5. The summed E-state index contributed by atoms with van der Waals surface area (Å²) in [6.45, 7) is 1.88. The first-order valence-electron chi connectivity index (χ1n) is 15.6. The number of aliphatic hydroxyl groups excluding tert-OH is 2. The van der Waals surface area contributed by atoms with Crippen LogP contribution >= 0.6 is 7.82 Å². The highest BCUT2D eigenvalue weighted by Crippen LogP contribution is 2.43. The number of phosphoric acid groups is 1. The van der Waals surface area contributed by atoms with Gasteiger partial charge in [-0.3, -0.25) is 18.6 Å². The fourth-order valence-electron chi connectivity index (χ4n) is 3.63. The van der Waals surface area contributed by atoms with Crippen LogP contribution in [0, 0.1) is 0 Å². The molecular weight excluding hydrogens is 575 g/mol. The van der Waals surface area contributed by atoms with Crippen molar-refractivity contribution in [2.45, 2.75) is 116 Å². The van der Waals surface area contributed by atoms with Crippen molar-refractivity contribution in [2.24, 2.45) is 0 Å². The minimum Gasteiger partial charge on any atom is -0.457 e. The number of esters is 2. The Hall–Kier alpha value is -2.07. The van der Waals surface area contributed by atoms with Crippen LogP contribution in [0.4, 0.5) is 0 Å². The highest BCUT2D eigenvalue weighted by Gasteiger charge is 2.27. The Bertz CT molecular complexity index is 868. The summed E-state index contributed by atoms with van der Waals surface area (Å²) in [6, 6.07) is 0. The fourth-order valence-corrected chi connectivity index (χ4v) is 4.42. The summed E-state index contributed by atoms with van der Waals surface area (Å²) in [5.74, 6) is -1.08. The number of rotatable bonds is 28. The Morgan fingerprint density at radius 2 is 1.09 bits per heavy atom. The Balaban J connectivity index is 4.12. The first kappa shape index (κ1) is 40.9. The number of hydrogen-bond donors (Lipinski definition) is 3. The second-order valence-electron chi connectivity index (χ2n) is 10.1. The smallest absolute Gasteiger partial charge is 0.457 e. The molecule has 0 aliphatic carbocycles. The third-order valence-electron chi connectivity index (χ3n) is 6.06. The third-order valence-corrected chi connectivity index (χ3v) is 7.01. The molecule has 0 rings (SSSR count). The van der Waals surface area contributed by atoms with E-state index in [-0.39, 0.29) is 12.8 Å². The standard InChI is InChI=1S/C32H55O10P/c1-3-5-7-9-10-11-12-13-14-15-16-17-18-20-22-24-32(36)42-30(26-34)28-40-43(37,38)39-27-29(25-33)41-31(35)23-21-19-8-6-4-2/h5,7,10-11,13-14,16-17,29-30,33-34H,3-4,6,8-9,12,15,18-28H2,1-2H3,(H,37,38)/b7-5-,11-10-,14-13-,17-16-. The van der Waals surface area contributed by atoms with Gasteiger partial charge in [0.15, 0.2) is 0 Å². The lowest BCUT2D eigenvalue weighted by atomic mass is 10.1. The molecule has 0 aromatic heterocycles. The van der Waals surface area contributed by atoms with Crippen molar-refractivity contribution < 1.29 is 47.8 Å². The van der Waals surface area contributed by atoms with Crippen molar-refractivity contribution in [3.8, 4) is 0 Å². The molecule has 11 heteroatoms. The van der Waals surface area contributed by atoms with E-state index in [1.165, 1.54) is 0 Å². The normalized spacial score (nSPS) is 15.0. The van der Waals surface area contributed by atoms with Gasteiger partial charge in [0.25, 0.3) is 0 Å². The van der Waals surface area contributed by atoms with Crippen LogP contribution in [0.3, 0.4) is 0 Å². The van der Waals surface area contributed by atoms with Gasteiger partial charge in [-0.05, 0) is 51.4 Å². The van der Waals surface area contributed by atoms with E-state index < -0.39 is 58.4 Å². The zero-order chi connectivity index (χ0) is 32.0. The lowest BCUT2D eigenvalue weighted by Gasteiger charge is -2.20. The van der Waals surface area contributed by atoms with E-state index in [1.807, 2.05) is 0 Å². The molecule has 0 aliphatic rings. The Kier molecular flexibility index (Phi) is 27.3. The quantitative estimate of drug-likeness (QED) is 0.0371. The molecule has 248 valence electrons. The summed E-state index contributed by atoms with van der Waals surface area (Å²) < 4.78 is 32.0. The number of carbonyl (C=O) groups excluding carboxylic acids is 2. The summed E-state index contributed by atoms with van der Waals surface area (Å²) in [4.78, 5) is 33.9. The van der Waals surface area contributed by atoms with Crippen molar-refractivity contribution >= 4 is 19.8 Å². The predicted molar refractivity (Wildman–Crippen MR) is 168 cm³/mol. The van der Waals surface area contributed by atoms with E-state index in [2.05, 4.69) is 62.5 Å². The number of allylic oxidation sites excluding steroid dienone is 8. The number of carbonyl (C=O) groups is 2. The number of aliphatic hydroxyl groups is 2. The number of hydrogen-bond acceptors (Lipinski definition) is 9. The SMILES string of the molecule is CC/C=C\C/C=C\C/C=C\C/C=C\CCCCC(=O)OC(CO)COP(=O)(O)OCC(CO)OC(=O)CCCCCCC. The minimum absolute atomic E-state index is 0.138. The maximum Gasteiger partial charge on any atom is 0.472 e. The third kappa shape index (κ3) is 27.2. The molecule has 0 saturated carbocycles. The highest BCUT2D eigenvalue weighted by atomic mass is 31.2. The molecule has 43 heavy (non-hydrogen) atoms. The van der Waals surface area contributed by atoms with Gasteiger partial charge in [-0.15, -0.1) is 0 Å². The monoisotopic (exact) mass is 630 g/mol. The van der Waals surface area contributed by atoms with Crippen molar-refractivity contribution in [1.82, 2.24) is 0 Å². The average Bonchev–Trinajstić information content (AvgIpc) is 2.99. The molecule has 0 saturated heterocycles. The average molecular weight is 631 g/mol. The number of ether oxygens (including phenoxy) is 2. The second kappa shape index (κ2) is 28.7. The number of unbranched alkanes of at least 4 members (excludes halogenated alkanes) is 6. The van der Waals surface area contributed by atoms with Crippen molar-refractivity contribution in [2.75, 3.05) is 26.4 Å². The largest absolute Gasteiger partial charge is 0.472 e. The van der Waals surface area contributed by atoms with Crippen LogP contribution < -0.4 is 0 Å². The molecule has 3 N–H and O–H groups in total. The summed E-state index contributed by atoms with van der Waals surface area (Å²) in [7, 11) is -4.62. The van der Waals surface area contributed by atoms with Gasteiger partial charge in [-0.2, -0.15) is 0 Å². The fraction of sp³-hybridized carbons (Fsp3) is 0.688. The van der Waals surface area contributed by atoms with Crippen LogP contribution in [0.5, 0.6) is 0 Å². The highest BCUT2D eigenvalue weighted by molar-refractivity contribution is 7.47. The molecular formula is C32H55O10P. The van der Waals surface area contributed by atoms with E-state index in [0.717, 1.165) is 64.2 Å². The topological polar surface area (TPSA) is 149 Å². The van der Waals surface area contributed by atoms with Gasteiger partial charge < -0.3 is 24.6 Å². The van der Waals surface area contributed by atoms with Crippen LogP contribution in [-0.2, 0) is 32.7 Å². The molecule has 3 unspecified atom stereocenters. The van der Waals surface area contributed by atoms with Crippen LogP contribution in [-0.4, -0.2) is 65.7 Å². The lowest BCUT2D eigenvalue weighted by Crippen LogP contribution is -2.28. The summed E-state index contributed by atoms with van der Waals surface area (Å²) in [5.41, 5.74) is 0. The maximum atomic E-state index is 12.2. The minimum atomic E-state index is -4.62. The summed E-state index contributed by atoms with van der Waals surface area (Å²) in [6.07, 6.45) is 25.8. The summed E-state index contributed by atoms with van der Waals surface area (Å²) >= 11 is 0. The zero-order valence-electron chi connectivity index (χ0n) is 26.1. The van der Waals surface area contributed by atoms with E-state index in [4.69, 9.17) is 18.5 Å². The molecule has 0 amide bonds. The van der Waals surface area contributed by atoms with Gasteiger partial charge in [0, 0.05) is 12.8 Å². The molecule has 0 radical (unpaired) electrons. The van der Waals surface area contributed by atoms with Crippen molar-refractivity contribution in [3.05, 3.63) is 48.6 Å². The molecule has 0 aromatic rings. The molecule has 0 aromatic carbocycles. The van der Waals surface area contributed by atoms with Gasteiger partial charge in [-0.1, -0.05) is 88.1 Å². The molecule has 0 aliphatic heterocycles. The van der Waals surface area contributed by atoms with E-state index in [1.54, 1.807) is 0 Å². The van der Waals surface area contributed by atoms with Crippen molar-refractivity contribution in [1.29, 1.82) is 0 Å². The first-order valence-corrected chi connectivity index (χ1v) is 17.1. The zero-order valence-corrected chi connectivity index (χ0v) is 27.0. The first-order chi connectivity index (χ1) is 20.8. The van der Waals surface area contributed by atoms with Gasteiger partial charge in [0.2, 0.25) is 0 Å². The molecule has 10 nitrogen and oxygen atoms in total. The van der Waals surface area contributed by atoms with E-state index in [0.29, 0.717) is 12.8 Å². The molecule has 0 fully saturated rings. The predicted octanol–water partition coefficient (Wildman–Crippen LogP) is 6.65. The van der Waals surface area contributed by atoms with Gasteiger partial charge >= 0.3 is 19.8 Å². The van der Waals surface area contributed by atoms with Gasteiger partial charge in [-0.25, -0.2) is 4.57 Å². The van der Waals surface area contributed by atoms with Crippen LogP contribution in [0.2, 0.25) is 0 Å². The van der Waals surface area contributed by atoms with Crippen LogP contribution in [0.25, 0.3) is 0 Å². The molecule has 3 atom stereocenters. The lowest BCUT2D eigenvalue weighted by molar-refractivity contribution is -0.153. The summed E-state index contributed by atoms with van der Waals surface area (Å²) in [5, 5.41) is 18.9. The number of phosphoric ester groups is 1. The van der Waals surface area contributed by atoms with Crippen LogP contribution in [0.15, 0.2) is 48.6 Å². The maximum absolute atomic E-state index is 12.2. The Labute approximate surface area is 258 Å². The van der Waals surface area contributed by atoms with E-state index >= 15 is 0 Å². The van der Waals surface area contributed by atoms with E-state index in [9.17, 15) is 29.3 Å². The Morgan fingerprint density at radius 1 is 0.651 bits per heavy atom. The molecule has 0 heterocycles. The van der Waals surface area contributed by atoms with Crippen LogP contribution in [0.1, 0.15) is 104 Å². The van der Waals surface area contributed by atoms with Gasteiger partial charge in [0.1, 0.15) is 12.2 Å². The van der Waals surface area contributed by atoms with Gasteiger partial charge in [0.05, 0.1) is 26.4 Å². The molecule has 0 spiro atoms. The molecule has 0 bridgehead atoms.